The molecule has 3 aliphatic carbocycles. The number of aliphatic hydroxyl groups is 1. The largest absolute Gasteiger partial charge is 0.494 e. The Morgan fingerprint density at radius 1 is 1.02 bits per heavy atom. The first kappa shape index (κ1) is 30.5. The molecule has 45 heavy (non-hydrogen) atoms. The second-order valence-corrected chi connectivity index (χ2v) is 14.0. The van der Waals surface area contributed by atoms with E-state index >= 15 is 0 Å². The van der Waals surface area contributed by atoms with Gasteiger partial charge in [-0.05, 0) is 110 Å². The standard InChI is InChI=1S/C36H44F2N2O5/c1-35-13-12-26-25-9-7-24(16-22(25)6-8-27(26)29(35)10-11-33(35)41)44-14-4-3-5-15-45-32-18-30-28(17-31(32)43-2)34(42)40-21-36(37,38)19-23(40)20-39-30/h7,9,16-18,20,23,26-27,29,33,41H,3-6,8,10-15,19,21H2,1-2H3/t23-,26+,27+,29-,33-,35-/m0/s1. The lowest BCUT2D eigenvalue weighted by atomic mass is 9.55. The molecule has 1 amide bonds. The van der Waals surface area contributed by atoms with E-state index in [9.17, 15) is 18.7 Å². The van der Waals surface area contributed by atoms with Gasteiger partial charge in [-0.25, -0.2) is 8.78 Å². The maximum absolute atomic E-state index is 13.9. The molecule has 2 heterocycles. The van der Waals surface area contributed by atoms with E-state index in [0.717, 1.165) is 44.3 Å². The van der Waals surface area contributed by atoms with Crippen molar-refractivity contribution in [3.63, 3.8) is 0 Å². The summed E-state index contributed by atoms with van der Waals surface area (Å²) in [5.74, 6) is 0.370. The fraction of sp³-hybridized carbons (Fsp3) is 0.611. The van der Waals surface area contributed by atoms with Crippen LogP contribution in [0.4, 0.5) is 14.5 Å². The number of amides is 1. The molecule has 0 unspecified atom stereocenters. The minimum atomic E-state index is -2.91. The van der Waals surface area contributed by atoms with Gasteiger partial charge in [0.1, 0.15) is 5.75 Å². The summed E-state index contributed by atoms with van der Waals surface area (Å²) in [5, 5.41) is 10.7. The minimum Gasteiger partial charge on any atom is -0.494 e. The lowest BCUT2D eigenvalue weighted by Crippen LogP contribution is -2.43. The van der Waals surface area contributed by atoms with Gasteiger partial charge in [0, 0.05) is 18.7 Å². The molecule has 3 fully saturated rings. The van der Waals surface area contributed by atoms with Crippen molar-refractivity contribution >= 4 is 17.8 Å². The first-order valence-corrected chi connectivity index (χ1v) is 16.7. The number of carbonyl (C=O) groups is 1. The van der Waals surface area contributed by atoms with Crippen LogP contribution in [0.5, 0.6) is 17.2 Å². The number of halogens is 2. The van der Waals surface area contributed by atoms with Crippen molar-refractivity contribution in [3.05, 3.63) is 47.0 Å². The zero-order chi connectivity index (χ0) is 31.3. The number of fused-ring (bicyclic) bond motifs is 7. The minimum absolute atomic E-state index is 0.107. The smallest absolute Gasteiger partial charge is 0.267 e. The van der Waals surface area contributed by atoms with Crippen LogP contribution in [0.3, 0.4) is 0 Å². The van der Waals surface area contributed by atoms with Crippen LogP contribution in [-0.4, -0.2) is 67.1 Å². The second kappa shape index (κ2) is 11.9. The first-order chi connectivity index (χ1) is 21.7. The number of carbonyl (C=O) groups excluding carboxylic acids is 1. The van der Waals surface area contributed by atoms with Crippen LogP contribution in [0.2, 0.25) is 0 Å². The molecular formula is C36H44F2N2O5. The highest BCUT2D eigenvalue weighted by Crippen LogP contribution is 2.61. The molecule has 1 N–H and O–H groups in total. The van der Waals surface area contributed by atoms with Gasteiger partial charge in [-0.3, -0.25) is 9.79 Å². The number of rotatable bonds is 9. The quantitative estimate of drug-likeness (QED) is 0.302. The molecule has 7 rings (SSSR count). The van der Waals surface area contributed by atoms with E-state index in [-0.39, 0.29) is 17.1 Å². The maximum atomic E-state index is 13.9. The van der Waals surface area contributed by atoms with Crippen molar-refractivity contribution in [1.82, 2.24) is 4.90 Å². The van der Waals surface area contributed by atoms with Crippen molar-refractivity contribution in [1.29, 1.82) is 0 Å². The Labute approximate surface area is 264 Å². The number of methoxy groups -OCH3 is 1. The van der Waals surface area contributed by atoms with Crippen LogP contribution in [0.25, 0.3) is 0 Å². The fourth-order valence-corrected chi connectivity index (χ4v) is 9.00. The molecule has 0 aromatic heterocycles. The molecular weight excluding hydrogens is 578 g/mol. The average Bonchev–Trinajstić information content (AvgIpc) is 3.48. The molecule has 2 aliphatic heterocycles. The van der Waals surface area contributed by atoms with E-state index in [0.29, 0.717) is 48.2 Å². The van der Waals surface area contributed by atoms with Crippen LogP contribution in [-0.2, 0) is 6.42 Å². The number of benzene rings is 2. The predicted molar refractivity (Wildman–Crippen MR) is 167 cm³/mol. The number of aliphatic imine (C=N–C) groups is 1. The lowest BCUT2D eigenvalue weighted by molar-refractivity contribution is -0.0226. The van der Waals surface area contributed by atoms with Crippen molar-refractivity contribution in [2.24, 2.45) is 22.2 Å². The number of unbranched alkanes of at least 4 members (excludes halogenated alkanes) is 2. The Bertz CT molecular complexity index is 1480. The molecule has 6 atom stereocenters. The summed E-state index contributed by atoms with van der Waals surface area (Å²) in [6.45, 7) is 2.82. The van der Waals surface area contributed by atoms with E-state index < -0.39 is 30.8 Å². The summed E-state index contributed by atoms with van der Waals surface area (Å²) in [7, 11) is 1.49. The summed E-state index contributed by atoms with van der Waals surface area (Å²) in [6.07, 6.45) is 10.3. The number of ether oxygens (including phenoxy) is 3. The molecule has 242 valence electrons. The van der Waals surface area contributed by atoms with Crippen molar-refractivity contribution in [2.75, 3.05) is 26.9 Å². The van der Waals surface area contributed by atoms with Gasteiger partial charge < -0.3 is 24.2 Å². The van der Waals surface area contributed by atoms with E-state index in [2.05, 4.69) is 30.1 Å². The van der Waals surface area contributed by atoms with Crippen LogP contribution >= 0.6 is 0 Å². The third-order valence-electron chi connectivity index (χ3n) is 11.4. The Hall–Kier alpha value is -3.20. The summed E-state index contributed by atoms with van der Waals surface area (Å²) >= 11 is 0. The zero-order valence-electron chi connectivity index (χ0n) is 26.3. The van der Waals surface area contributed by atoms with Crippen molar-refractivity contribution in [3.8, 4) is 17.2 Å². The summed E-state index contributed by atoms with van der Waals surface area (Å²) in [5.41, 5.74) is 3.69. The van der Waals surface area contributed by atoms with Gasteiger partial charge in [0.05, 0.1) is 50.3 Å². The number of aryl methyl sites for hydroxylation is 1. The fourth-order valence-electron chi connectivity index (χ4n) is 9.00. The number of hydrogen-bond acceptors (Lipinski definition) is 6. The SMILES string of the molecule is COc1cc2c(cc1OCCCCCOc1ccc3c(c1)CC[C@@H]1[C@@H]3CC[C@]3(C)[C@@H](O)CC[C@@H]13)N=C[C@@H]1CC(F)(F)CN1C2=O. The van der Waals surface area contributed by atoms with E-state index in [1.54, 1.807) is 12.1 Å². The number of aliphatic hydroxyl groups excluding tert-OH is 1. The monoisotopic (exact) mass is 622 g/mol. The first-order valence-electron chi connectivity index (χ1n) is 16.7. The van der Waals surface area contributed by atoms with Gasteiger partial charge in [0.15, 0.2) is 11.5 Å². The number of alkyl halides is 2. The maximum Gasteiger partial charge on any atom is 0.267 e. The molecule has 2 aromatic rings. The van der Waals surface area contributed by atoms with Crippen LogP contribution in [0.1, 0.15) is 92.1 Å². The van der Waals surface area contributed by atoms with E-state index in [1.807, 2.05) is 0 Å². The summed E-state index contributed by atoms with van der Waals surface area (Å²) in [6, 6.07) is 9.16. The molecule has 2 saturated carbocycles. The zero-order valence-corrected chi connectivity index (χ0v) is 26.3. The average molecular weight is 623 g/mol. The summed E-state index contributed by atoms with van der Waals surface area (Å²) in [4.78, 5) is 18.6. The van der Waals surface area contributed by atoms with Crippen LogP contribution < -0.4 is 14.2 Å². The van der Waals surface area contributed by atoms with Gasteiger partial charge in [-0.1, -0.05) is 13.0 Å². The summed E-state index contributed by atoms with van der Waals surface area (Å²) < 4.78 is 45.5. The molecule has 1 saturated heterocycles. The Kier molecular flexibility index (Phi) is 8.03. The molecule has 2 aromatic carbocycles. The van der Waals surface area contributed by atoms with Gasteiger partial charge in [0.2, 0.25) is 0 Å². The van der Waals surface area contributed by atoms with Gasteiger partial charge in [-0.15, -0.1) is 0 Å². The topological polar surface area (TPSA) is 80.6 Å². The Morgan fingerprint density at radius 2 is 1.84 bits per heavy atom. The highest BCUT2D eigenvalue weighted by molar-refractivity contribution is 6.03. The molecule has 0 bridgehead atoms. The van der Waals surface area contributed by atoms with Gasteiger partial charge >= 0.3 is 0 Å². The molecule has 9 heteroatoms. The number of hydrogen-bond donors (Lipinski definition) is 1. The normalized spacial score (nSPS) is 30.9. The number of nitrogens with zero attached hydrogens (tertiary/aromatic N) is 2. The Morgan fingerprint density at radius 3 is 2.67 bits per heavy atom. The molecule has 0 radical (unpaired) electrons. The van der Waals surface area contributed by atoms with Crippen LogP contribution in [0, 0.1) is 17.3 Å². The second-order valence-electron chi connectivity index (χ2n) is 14.0. The highest BCUT2D eigenvalue weighted by atomic mass is 19.3. The molecule has 7 nitrogen and oxygen atoms in total. The lowest BCUT2D eigenvalue weighted by Gasteiger charge is -2.50. The van der Waals surface area contributed by atoms with E-state index in [1.165, 1.54) is 48.6 Å². The highest BCUT2D eigenvalue weighted by Gasteiger charge is 2.54. The third kappa shape index (κ3) is 5.59. The van der Waals surface area contributed by atoms with Gasteiger partial charge in [0.25, 0.3) is 11.8 Å². The third-order valence-corrected chi connectivity index (χ3v) is 11.4. The molecule has 5 aliphatic rings. The Balaban J connectivity index is 0.884. The van der Waals surface area contributed by atoms with Crippen molar-refractivity contribution < 1.29 is 32.9 Å². The predicted octanol–water partition coefficient (Wildman–Crippen LogP) is 7.11. The van der Waals surface area contributed by atoms with E-state index in [4.69, 9.17) is 14.2 Å². The van der Waals surface area contributed by atoms with Crippen molar-refractivity contribution in [2.45, 2.75) is 95.1 Å². The van der Waals surface area contributed by atoms with Crippen LogP contribution in [0.15, 0.2) is 35.3 Å². The molecule has 0 spiro atoms. The van der Waals surface area contributed by atoms with Gasteiger partial charge in [-0.2, -0.15) is 0 Å².